The first-order valence-corrected chi connectivity index (χ1v) is 8.92. The van der Waals surface area contributed by atoms with E-state index in [1.165, 1.54) is 6.07 Å². The summed E-state index contributed by atoms with van der Waals surface area (Å²) in [7, 11) is 0. The van der Waals surface area contributed by atoms with Crippen LogP contribution in [0, 0.1) is 17.1 Å². The van der Waals surface area contributed by atoms with E-state index in [4.69, 9.17) is 37.9 Å². The number of halogens is 6. The van der Waals surface area contributed by atoms with Crippen molar-refractivity contribution in [2.24, 2.45) is 0 Å². The molecule has 3 aromatic carbocycles. The minimum absolute atomic E-state index is 0.207. The Bertz CT molecular complexity index is 1110. The van der Waals surface area contributed by atoms with Crippen LogP contribution in [0.5, 0.6) is 17.2 Å². The zero-order valence-electron chi connectivity index (χ0n) is 14.5. The highest BCUT2D eigenvalue weighted by Crippen LogP contribution is 2.44. The standard InChI is InChI=1S/C20H11Cl2F4NO2/c21-16-10-15(20(24,25)26)18(23)17(22)19(16)29-14-5-3-11-8-13(28-7-1-6-27)4-2-12(11)9-14/h2-5,8-10H,1,7H2. The highest BCUT2D eigenvalue weighted by molar-refractivity contribution is 6.37. The molecule has 0 radical (unpaired) electrons. The Morgan fingerprint density at radius 2 is 1.59 bits per heavy atom. The Morgan fingerprint density at radius 3 is 2.21 bits per heavy atom. The van der Waals surface area contributed by atoms with Gasteiger partial charge in [-0.25, -0.2) is 4.39 Å². The molecule has 0 aromatic heterocycles. The molecule has 0 aliphatic carbocycles. The second-order valence-corrected chi connectivity index (χ2v) is 6.68. The van der Waals surface area contributed by atoms with Gasteiger partial charge in [0.2, 0.25) is 0 Å². The van der Waals surface area contributed by atoms with E-state index in [2.05, 4.69) is 0 Å². The summed E-state index contributed by atoms with van der Waals surface area (Å²) < 4.78 is 63.5. The Hall–Kier alpha value is -2.69. The molecule has 0 saturated carbocycles. The van der Waals surface area contributed by atoms with Crippen LogP contribution in [0.25, 0.3) is 10.8 Å². The van der Waals surface area contributed by atoms with E-state index < -0.39 is 33.4 Å². The molecule has 0 N–H and O–H groups in total. The molecule has 0 aliphatic heterocycles. The van der Waals surface area contributed by atoms with Crippen molar-refractivity contribution in [2.45, 2.75) is 12.6 Å². The molecule has 150 valence electrons. The van der Waals surface area contributed by atoms with Crippen LogP contribution < -0.4 is 9.47 Å². The smallest absolute Gasteiger partial charge is 0.419 e. The van der Waals surface area contributed by atoms with Gasteiger partial charge in [-0.3, -0.25) is 0 Å². The summed E-state index contributed by atoms with van der Waals surface area (Å²) in [6.45, 7) is 0.264. The number of nitrogens with zero attached hydrogens (tertiary/aromatic N) is 1. The summed E-state index contributed by atoms with van der Waals surface area (Å²) in [5.41, 5.74) is -1.57. The van der Waals surface area contributed by atoms with E-state index >= 15 is 0 Å². The third-order valence-electron chi connectivity index (χ3n) is 3.91. The molecule has 0 aliphatic rings. The lowest BCUT2D eigenvalue weighted by Crippen LogP contribution is -2.09. The molecule has 0 bridgehead atoms. The number of hydrogen-bond acceptors (Lipinski definition) is 3. The van der Waals surface area contributed by atoms with Gasteiger partial charge < -0.3 is 9.47 Å². The van der Waals surface area contributed by atoms with E-state index in [0.29, 0.717) is 11.8 Å². The molecule has 3 aromatic rings. The van der Waals surface area contributed by atoms with Crippen molar-refractivity contribution in [1.29, 1.82) is 5.26 Å². The van der Waals surface area contributed by atoms with Gasteiger partial charge in [0.1, 0.15) is 23.1 Å². The van der Waals surface area contributed by atoms with E-state index in [-0.39, 0.29) is 18.8 Å². The van der Waals surface area contributed by atoms with Crippen molar-refractivity contribution in [2.75, 3.05) is 6.61 Å². The van der Waals surface area contributed by atoms with Gasteiger partial charge in [0.15, 0.2) is 11.6 Å². The molecular weight excluding hydrogens is 433 g/mol. The number of benzene rings is 3. The first-order valence-electron chi connectivity index (χ1n) is 8.17. The van der Waals surface area contributed by atoms with Gasteiger partial charge in [0.05, 0.1) is 23.1 Å². The summed E-state index contributed by atoms with van der Waals surface area (Å²) >= 11 is 11.6. The molecule has 0 saturated heterocycles. The van der Waals surface area contributed by atoms with Gasteiger partial charge >= 0.3 is 6.18 Å². The topological polar surface area (TPSA) is 42.2 Å². The normalized spacial score (nSPS) is 11.3. The van der Waals surface area contributed by atoms with E-state index in [9.17, 15) is 17.6 Å². The van der Waals surface area contributed by atoms with Gasteiger partial charge in [0.25, 0.3) is 0 Å². The maximum absolute atomic E-state index is 14.0. The number of alkyl halides is 3. The second-order valence-electron chi connectivity index (χ2n) is 5.89. The van der Waals surface area contributed by atoms with Crippen LogP contribution in [0.4, 0.5) is 17.6 Å². The molecule has 0 spiro atoms. The fourth-order valence-corrected chi connectivity index (χ4v) is 3.10. The van der Waals surface area contributed by atoms with Gasteiger partial charge in [-0.1, -0.05) is 35.3 Å². The fraction of sp³-hybridized carbons (Fsp3) is 0.150. The SMILES string of the molecule is N#CCCOc1ccc2cc(Oc3c(Cl)cc(C(F)(F)F)c(F)c3Cl)ccc2c1. The second kappa shape index (κ2) is 8.36. The van der Waals surface area contributed by atoms with E-state index in [1.807, 2.05) is 6.07 Å². The predicted octanol–water partition coefficient (Wildman–Crippen LogP) is 7.39. The quantitative estimate of drug-likeness (QED) is 0.234. The lowest BCUT2D eigenvalue weighted by molar-refractivity contribution is -0.140. The van der Waals surface area contributed by atoms with Crippen LogP contribution in [0.15, 0.2) is 42.5 Å². The zero-order chi connectivity index (χ0) is 21.2. The molecule has 29 heavy (non-hydrogen) atoms. The third kappa shape index (κ3) is 4.66. The van der Waals surface area contributed by atoms with Crippen LogP contribution in [0.1, 0.15) is 12.0 Å². The van der Waals surface area contributed by atoms with Gasteiger partial charge in [-0.05, 0) is 41.1 Å². The molecule has 0 amide bonds. The van der Waals surface area contributed by atoms with Crippen LogP contribution in [0.2, 0.25) is 10.0 Å². The minimum Gasteiger partial charge on any atom is -0.493 e. The Kier molecular flexibility index (Phi) is 6.06. The van der Waals surface area contributed by atoms with Crippen molar-refractivity contribution in [1.82, 2.24) is 0 Å². The zero-order valence-corrected chi connectivity index (χ0v) is 16.0. The van der Waals surface area contributed by atoms with Crippen LogP contribution in [-0.4, -0.2) is 6.61 Å². The molecule has 3 rings (SSSR count). The highest BCUT2D eigenvalue weighted by Gasteiger charge is 2.37. The molecular formula is C20H11Cl2F4NO2. The molecule has 3 nitrogen and oxygen atoms in total. The van der Waals surface area contributed by atoms with Crippen molar-refractivity contribution in [3.63, 3.8) is 0 Å². The summed E-state index contributed by atoms with van der Waals surface area (Å²) in [6, 6.07) is 12.4. The lowest BCUT2D eigenvalue weighted by atomic mass is 10.1. The summed E-state index contributed by atoms with van der Waals surface area (Å²) in [5, 5.41) is 8.74. The molecule has 0 atom stereocenters. The van der Waals surface area contributed by atoms with Gasteiger partial charge in [-0.2, -0.15) is 18.4 Å². The van der Waals surface area contributed by atoms with Crippen molar-refractivity contribution in [3.05, 3.63) is 63.9 Å². The molecule has 0 fully saturated rings. The Labute approximate surface area is 173 Å². The Morgan fingerprint density at radius 1 is 0.966 bits per heavy atom. The van der Waals surface area contributed by atoms with Crippen LogP contribution in [0.3, 0.4) is 0 Å². The molecule has 0 heterocycles. The van der Waals surface area contributed by atoms with Crippen molar-refractivity contribution >= 4 is 34.0 Å². The minimum atomic E-state index is -4.94. The summed E-state index contributed by atoms with van der Waals surface area (Å²) in [6.07, 6.45) is -4.68. The number of ether oxygens (including phenoxy) is 2. The number of hydrogen-bond donors (Lipinski definition) is 0. The average molecular weight is 444 g/mol. The number of fused-ring (bicyclic) bond motifs is 1. The fourth-order valence-electron chi connectivity index (χ4n) is 2.57. The summed E-state index contributed by atoms with van der Waals surface area (Å²) in [4.78, 5) is 0. The number of nitriles is 1. The molecule has 0 unspecified atom stereocenters. The van der Waals surface area contributed by atoms with E-state index in [0.717, 1.165) is 10.8 Å². The summed E-state index contributed by atoms with van der Waals surface area (Å²) in [5.74, 6) is -1.27. The van der Waals surface area contributed by atoms with Crippen molar-refractivity contribution < 1.29 is 27.0 Å². The highest BCUT2D eigenvalue weighted by atomic mass is 35.5. The van der Waals surface area contributed by atoms with Gasteiger partial charge in [-0.15, -0.1) is 0 Å². The van der Waals surface area contributed by atoms with Crippen molar-refractivity contribution in [3.8, 4) is 23.3 Å². The third-order valence-corrected chi connectivity index (χ3v) is 4.53. The van der Waals surface area contributed by atoms with E-state index in [1.54, 1.807) is 30.3 Å². The van der Waals surface area contributed by atoms with Crippen LogP contribution >= 0.6 is 23.2 Å². The lowest BCUT2D eigenvalue weighted by Gasteiger charge is -2.15. The Balaban J connectivity index is 1.90. The monoisotopic (exact) mass is 443 g/mol. The van der Waals surface area contributed by atoms with Crippen LogP contribution in [-0.2, 0) is 6.18 Å². The predicted molar refractivity (Wildman–Crippen MR) is 101 cm³/mol. The first kappa shape index (κ1) is 21.0. The largest absolute Gasteiger partial charge is 0.493 e. The number of rotatable bonds is 5. The first-order chi connectivity index (χ1) is 13.7. The van der Waals surface area contributed by atoms with Gasteiger partial charge in [0, 0.05) is 0 Å². The average Bonchev–Trinajstić information content (AvgIpc) is 2.67. The molecule has 9 heteroatoms. The maximum atomic E-state index is 14.0. The maximum Gasteiger partial charge on any atom is 0.419 e.